The molecule has 1 unspecified atom stereocenters. The lowest BCUT2D eigenvalue weighted by molar-refractivity contribution is -0.147. The SMILES string of the molecule is C=N/C=C\C(=C/C)C(Cn1c2c(c3cc(C)ccc31)CN(C)CC2)OC(=O)CCCCCC. The van der Waals surface area contributed by atoms with E-state index in [1.54, 1.807) is 6.20 Å². The van der Waals surface area contributed by atoms with E-state index in [0.717, 1.165) is 50.8 Å². The number of nitrogens with zero attached hydrogens (tertiary/aromatic N) is 3. The molecule has 1 aliphatic rings. The van der Waals surface area contributed by atoms with Crippen LogP contribution in [0.1, 0.15) is 62.8 Å². The predicted octanol–water partition coefficient (Wildman–Crippen LogP) is 5.98. The first-order valence-electron chi connectivity index (χ1n) is 12.3. The molecule has 0 spiro atoms. The maximum atomic E-state index is 12.8. The van der Waals surface area contributed by atoms with Gasteiger partial charge in [-0.2, -0.15) is 0 Å². The number of hydrogen-bond acceptors (Lipinski definition) is 4. The summed E-state index contributed by atoms with van der Waals surface area (Å²) in [6.07, 6.45) is 10.9. The molecule has 0 fully saturated rings. The largest absolute Gasteiger partial charge is 0.456 e. The minimum Gasteiger partial charge on any atom is -0.456 e. The van der Waals surface area contributed by atoms with E-state index >= 15 is 0 Å². The second-order valence-corrected chi connectivity index (χ2v) is 9.12. The topological polar surface area (TPSA) is 46.8 Å². The Morgan fingerprint density at radius 2 is 2.12 bits per heavy atom. The van der Waals surface area contributed by atoms with Crippen LogP contribution in [0.4, 0.5) is 0 Å². The second-order valence-electron chi connectivity index (χ2n) is 9.12. The highest BCUT2D eigenvalue weighted by molar-refractivity contribution is 5.86. The molecule has 0 saturated carbocycles. The van der Waals surface area contributed by atoms with E-state index in [1.807, 2.05) is 19.1 Å². The van der Waals surface area contributed by atoms with Crippen LogP contribution in [0.25, 0.3) is 10.9 Å². The van der Waals surface area contributed by atoms with Gasteiger partial charge < -0.3 is 14.2 Å². The molecule has 1 atom stereocenters. The molecular weight excluding hydrogens is 410 g/mol. The summed E-state index contributed by atoms with van der Waals surface area (Å²) in [5.41, 5.74) is 6.18. The van der Waals surface area contributed by atoms with Crippen LogP contribution >= 0.6 is 0 Å². The number of rotatable bonds is 11. The van der Waals surface area contributed by atoms with Gasteiger partial charge in [-0.1, -0.05) is 43.9 Å². The minimum absolute atomic E-state index is 0.128. The van der Waals surface area contributed by atoms with Crippen LogP contribution in [0.15, 0.2) is 47.1 Å². The fourth-order valence-electron chi connectivity index (χ4n) is 4.73. The van der Waals surface area contributed by atoms with E-state index in [-0.39, 0.29) is 12.1 Å². The first-order chi connectivity index (χ1) is 16.0. The van der Waals surface area contributed by atoms with Crippen molar-refractivity contribution in [3.05, 3.63) is 58.9 Å². The smallest absolute Gasteiger partial charge is 0.306 e. The summed E-state index contributed by atoms with van der Waals surface area (Å²) in [5.74, 6) is -0.128. The number of hydrogen-bond donors (Lipinski definition) is 0. The lowest BCUT2D eigenvalue weighted by atomic mass is 10.0. The van der Waals surface area contributed by atoms with Crippen LogP contribution < -0.4 is 0 Å². The zero-order chi connectivity index (χ0) is 23.8. The van der Waals surface area contributed by atoms with Crippen molar-refractivity contribution in [1.29, 1.82) is 0 Å². The van der Waals surface area contributed by atoms with Crippen molar-refractivity contribution in [3.63, 3.8) is 0 Å². The summed E-state index contributed by atoms with van der Waals surface area (Å²) in [5, 5.41) is 1.31. The van der Waals surface area contributed by atoms with Crippen molar-refractivity contribution in [2.45, 2.75) is 78.5 Å². The Balaban J connectivity index is 1.94. The predicted molar refractivity (Wildman–Crippen MR) is 138 cm³/mol. The van der Waals surface area contributed by atoms with Gasteiger partial charge in [0.15, 0.2) is 0 Å². The molecule has 0 saturated heterocycles. The fourth-order valence-corrected chi connectivity index (χ4v) is 4.73. The Hall–Kier alpha value is -2.66. The average Bonchev–Trinajstić information content (AvgIpc) is 3.09. The van der Waals surface area contributed by atoms with Crippen LogP contribution in [-0.2, 0) is 29.0 Å². The summed E-state index contributed by atoms with van der Waals surface area (Å²) in [7, 11) is 2.18. The molecule has 5 nitrogen and oxygen atoms in total. The van der Waals surface area contributed by atoms with Gasteiger partial charge in [0.1, 0.15) is 6.10 Å². The van der Waals surface area contributed by atoms with Crippen molar-refractivity contribution >= 4 is 23.6 Å². The number of carbonyl (C=O) groups is 1. The first kappa shape index (κ1) is 25.0. The van der Waals surface area contributed by atoms with Gasteiger partial charge in [0, 0.05) is 48.7 Å². The van der Waals surface area contributed by atoms with E-state index in [4.69, 9.17) is 4.74 Å². The number of likely N-dealkylation sites (N-methyl/N-ethyl adjacent to an activating group) is 1. The third-order valence-corrected chi connectivity index (χ3v) is 6.53. The van der Waals surface area contributed by atoms with Crippen molar-refractivity contribution in [3.8, 4) is 0 Å². The molecular formula is C28H39N3O2. The monoisotopic (exact) mass is 449 g/mol. The molecule has 5 heteroatoms. The zero-order valence-corrected chi connectivity index (χ0v) is 20.8. The molecule has 178 valence electrons. The molecule has 0 bridgehead atoms. The molecule has 0 N–H and O–H groups in total. The number of aryl methyl sites for hydroxylation is 1. The van der Waals surface area contributed by atoms with E-state index in [9.17, 15) is 4.79 Å². The second kappa shape index (κ2) is 12.0. The van der Waals surface area contributed by atoms with Gasteiger partial charge in [-0.3, -0.25) is 9.79 Å². The van der Waals surface area contributed by atoms with Crippen LogP contribution in [0.2, 0.25) is 0 Å². The Morgan fingerprint density at radius 3 is 2.85 bits per heavy atom. The number of aliphatic imine (C=N–C) groups is 1. The van der Waals surface area contributed by atoms with Crippen molar-refractivity contribution in [2.24, 2.45) is 4.99 Å². The summed E-state index contributed by atoms with van der Waals surface area (Å²) in [4.78, 5) is 19.0. The number of benzene rings is 1. The highest BCUT2D eigenvalue weighted by Gasteiger charge is 2.26. The van der Waals surface area contributed by atoms with Crippen molar-refractivity contribution in [2.75, 3.05) is 13.6 Å². The van der Waals surface area contributed by atoms with Crippen molar-refractivity contribution in [1.82, 2.24) is 9.47 Å². The number of fused-ring (bicyclic) bond motifs is 3. The molecule has 0 radical (unpaired) electrons. The number of unbranched alkanes of at least 4 members (excludes halogenated alkanes) is 3. The lowest BCUT2D eigenvalue weighted by Gasteiger charge is -2.26. The maximum Gasteiger partial charge on any atom is 0.306 e. The minimum atomic E-state index is -0.368. The quantitative estimate of drug-likeness (QED) is 0.183. The zero-order valence-electron chi connectivity index (χ0n) is 20.8. The van der Waals surface area contributed by atoms with E-state index in [2.05, 4.69) is 60.3 Å². The Morgan fingerprint density at radius 1 is 1.30 bits per heavy atom. The number of ether oxygens (including phenoxy) is 1. The van der Waals surface area contributed by atoms with Crippen molar-refractivity contribution < 1.29 is 9.53 Å². The van der Waals surface area contributed by atoms with Gasteiger partial charge in [-0.25, -0.2) is 0 Å². The van der Waals surface area contributed by atoms with Gasteiger partial charge in [-0.15, -0.1) is 0 Å². The van der Waals surface area contributed by atoms with Crippen LogP contribution in [-0.4, -0.2) is 41.9 Å². The van der Waals surface area contributed by atoms with Gasteiger partial charge in [-0.05, 0) is 63.4 Å². The number of carbonyl (C=O) groups excluding carboxylic acids is 1. The van der Waals surface area contributed by atoms with E-state index < -0.39 is 0 Å². The third kappa shape index (κ3) is 6.23. The van der Waals surface area contributed by atoms with E-state index in [0.29, 0.717) is 13.0 Å². The normalized spacial score (nSPS) is 15.7. The fraction of sp³-hybridized carbons (Fsp3) is 0.500. The summed E-state index contributed by atoms with van der Waals surface area (Å²) < 4.78 is 8.47. The van der Waals surface area contributed by atoms with Gasteiger partial charge in [0.25, 0.3) is 0 Å². The molecule has 1 aromatic carbocycles. The van der Waals surface area contributed by atoms with Gasteiger partial charge in [0.05, 0.1) is 6.54 Å². The van der Waals surface area contributed by atoms with Crippen LogP contribution in [0.5, 0.6) is 0 Å². The highest BCUT2D eigenvalue weighted by Crippen LogP contribution is 2.32. The number of aromatic nitrogens is 1. The average molecular weight is 450 g/mol. The molecule has 1 aromatic heterocycles. The van der Waals surface area contributed by atoms with Crippen LogP contribution in [0, 0.1) is 6.92 Å². The maximum absolute atomic E-state index is 12.8. The summed E-state index contributed by atoms with van der Waals surface area (Å²) in [6.45, 7) is 12.4. The van der Waals surface area contributed by atoms with Gasteiger partial charge in [0.2, 0.25) is 0 Å². The number of esters is 1. The Kier molecular flexibility index (Phi) is 9.07. The Bertz CT molecular complexity index is 1030. The standard InChI is InChI=1S/C28H39N3O2/c1-6-8-9-10-11-28(32)33-27(22(7-2)14-16-29-4)20-31-25-13-12-21(3)18-23(25)24-19-30(5)17-15-26(24)31/h7,12-14,16,18,27H,4,6,8-11,15,17,19-20H2,1-3,5H3/b16-14-,22-7+. The molecule has 0 aliphatic carbocycles. The third-order valence-electron chi connectivity index (χ3n) is 6.53. The number of allylic oxidation sites excluding steroid dienone is 1. The molecule has 1 aliphatic heterocycles. The summed E-state index contributed by atoms with van der Waals surface area (Å²) >= 11 is 0. The lowest BCUT2D eigenvalue weighted by Crippen LogP contribution is -2.30. The molecule has 2 aromatic rings. The summed E-state index contributed by atoms with van der Waals surface area (Å²) in [6, 6.07) is 6.67. The highest BCUT2D eigenvalue weighted by atomic mass is 16.5. The van der Waals surface area contributed by atoms with Crippen LogP contribution in [0.3, 0.4) is 0 Å². The molecule has 2 heterocycles. The Labute approximate surface area is 198 Å². The first-order valence-corrected chi connectivity index (χ1v) is 12.3. The molecule has 3 rings (SSSR count). The molecule has 33 heavy (non-hydrogen) atoms. The van der Waals surface area contributed by atoms with E-state index in [1.165, 1.54) is 27.7 Å². The van der Waals surface area contributed by atoms with Gasteiger partial charge >= 0.3 is 5.97 Å². The molecule has 0 amide bonds.